The standard InChI is InChI=1S/C28H33N9/c1-20(2)37-17-15-36(16-18-37)19-22-7-9-23(10-8-22)32-28-30-14-12-26(35-28)33-25-11-13-29-27(34-25)24-6-4-5-21(3)31-24/h4-14,20H,15-19H2,1-3H3,(H2,29,30,32,33,34,35). The topological polar surface area (TPSA) is 95.0 Å². The van der Waals surface area contributed by atoms with Crippen molar-refractivity contribution in [1.82, 2.24) is 34.7 Å². The van der Waals surface area contributed by atoms with Gasteiger partial charge in [0.1, 0.15) is 17.3 Å². The number of anilines is 4. The summed E-state index contributed by atoms with van der Waals surface area (Å²) in [6.45, 7) is 12.0. The number of benzene rings is 1. The Balaban J connectivity index is 1.19. The molecule has 1 aliphatic heterocycles. The van der Waals surface area contributed by atoms with Gasteiger partial charge in [0, 0.05) is 62.5 Å². The molecule has 0 bridgehead atoms. The Hall–Kier alpha value is -3.95. The Labute approximate surface area is 218 Å². The van der Waals surface area contributed by atoms with Crippen LogP contribution in [0.5, 0.6) is 0 Å². The monoisotopic (exact) mass is 495 g/mol. The van der Waals surface area contributed by atoms with E-state index in [4.69, 9.17) is 0 Å². The third kappa shape index (κ3) is 6.63. The number of pyridine rings is 1. The van der Waals surface area contributed by atoms with Crippen LogP contribution in [0.3, 0.4) is 0 Å². The van der Waals surface area contributed by atoms with Gasteiger partial charge in [-0.3, -0.25) is 9.80 Å². The highest BCUT2D eigenvalue weighted by Gasteiger charge is 2.18. The Morgan fingerprint density at radius 2 is 1.51 bits per heavy atom. The number of hydrogen-bond donors (Lipinski definition) is 2. The van der Waals surface area contributed by atoms with Gasteiger partial charge in [-0.05, 0) is 62.7 Å². The predicted molar refractivity (Wildman–Crippen MR) is 147 cm³/mol. The quantitative estimate of drug-likeness (QED) is 0.362. The normalized spacial score (nSPS) is 14.6. The molecule has 0 saturated carbocycles. The maximum absolute atomic E-state index is 4.59. The molecule has 4 heterocycles. The van der Waals surface area contributed by atoms with Crippen molar-refractivity contribution in [1.29, 1.82) is 0 Å². The Morgan fingerprint density at radius 3 is 2.24 bits per heavy atom. The highest BCUT2D eigenvalue weighted by Crippen LogP contribution is 2.20. The van der Waals surface area contributed by atoms with Crippen molar-refractivity contribution in [2.24, 2.45) is 0 Å². The van der Waals surface area contributed by atoms with E-state index in [0.29, 0.717) is 29.5 Å². The van der Waals surface area contributed by atoms with Crippen LogP contribution >= 0.6 is 0 Å². The smallest absolute Gasteiger partial charge is 0.229 e. The van der Waals surface area contributed by atoms with Gasteiger partial charge in [0.05, 0.1) is 0 Å². The first-order valence-corrected chi connectivity index (χ1v) is 12.7. The highest BCUT2D eigenvalue weighted by atomic mass is 15.3. The van der Waals surface area contributed by atoms with Crippen molar-refractivity contribution >= 4 is 23.3 Å². The molecule has 1 fully saturated rings. The van der Waals surface area contributed by atoms with Crippen molar-refractivity contribution < 1.29 is 0 Å². The van der Waals surface area contributed by atoms with Gasteiger partial charge in [-0.25, -0.2) is 19.9 Å². The fraction of sp³-hybridized carbons (Fsp3) is 0.321. The number of hydrogen-bond acceptors (Lipinski definition) is 9. The second kappa shape index (κ2) is 11.4. The molecule has 0 radical (unpaired) electrons. The molecule has 4 aromatic rings. The zero-order chi connectivity index (χ0) is 25.6. The molecule has 1 saturated heterocycles. The van der Waals surface area contributed by atoms with E-state index in [2.05, 4.69) is 83.5 Å². The van der Waals surface area contributed by atoms with Gasteiger partial charge in [-0.1, -0.05) is 18.2 Å². The molecule has 0 unspecified atom stereocenters. The molecule has 0 amide bonds. The zero-order valence-electron chi connectivity index (χ0n) is 21.6. The van der Waals surface area contributed by atoms with Crippen LogP contribution in [0, 0.1) is 6.92 Å². The third-order valence-electron chi connectivity index (χ3n) is 6.44. The average molecular weight is 496 g/mol. The van der Waals surface area contributed by atoms with E-state index in [0.717, 1.165) is 49.8 Å². The second-order valence-electron chi connectivity index (χ2n) is 9.55. The fourth-order valence-electron chi connectivity index (χ4n) is 4.36. The van der Waals surface area contributed by atoms with Crippen molar-refractivity contribution in [2.45, 2.75) is 33.4 Å². The summed E-state index contributed by atoms with van der Waals surface area (Å²) >= 11 is 0. The van der Waals surface area contributed by atoms with E-state index in [1.165, 1.54) is 5.56 Å². The van der Waals surface area contributed by atoms with Crippen LogP contribution in [0.4, 0.5) is 23.3 Å². The highest BCUT2D eigenvalue weighted by molar-refractivity contribution is 5.59. The minimum absolute atomic E-state index is 0.511. The molecule has 0 spiro atoms. The van der Waals surface area contributed by atoms with Crippen LogP contribution in [0.2, 0.25) is 0 Å². The van der Waals surface area contributed by atoms with E-state index in [-0.39, 0.29) is 0 Å². The minimum Gasteiger partial charge on any atom is -0.325 e. The van der Waals surface area contributed by atoms with Gasteiger partial charge in [-0.15, -0.1) is 0 Å². The van der Waals surface area contributed by atoms with Crippen molar-refractivity contribution in [3.63, 3.8) is 0 Å². The molecular formula is C28H33N9. The number of piperazine rings is 1. The SMILES string of the molecule is Cc1cccc(-c2nccc(Nc3ccnc(Nc4ccc(CN5CCN(C(C)C)CC5)cc4)n3)n2)n1. The lowest BCUT2D eigenvalue weighted by molar-refractivity contribution is 0.104. The molecule has 1 aromatic carbocycles. The van der Waals surface area contributed by atoms with Gasteiger partial charge >= 0.3 is 0 Å². The summed E-state index contributed by atoms with van der Waals surface area (Å²) in [5, 5.41) is 6.54. The van der Waals surface area contributed by atoms with E-state index >= 15 is 0 Å². The van der Waals surface area contributed by atoms with Crippen LogP contribution in [-0.4, -0.2) is 66.9 Å². The summed E-state index contributed by atoms with van der Waals surface area (Å²) in [7, 11) is 0. The molecule has 3 aromatic heterocycles. The maximum atomic E-state index is 4.59. The van der Waals surface area contributed by atoms with Gasteiger partial charge < -0.3 is 10.6 Å². The molecule has 0 atom stereocenters. The summed E-state index contributed by atoms with van der Waals surface area (Å²) in [5.41, 5.74) is 3.90. The summed E-state index contributed by atoms with van der Waals surface area (Å²) in [6, 6.07) is 18.5. The summed E-state index contributed by atoms with van der Waals surface area (Å²) in [5.74, 6) is 2.34. The summed E-state index contributed by atoms with van der Waals surface area (Å²) < 4.78 is 0. The lowest BCUT2D eigenvalue weighted by Gasteiger charge is -2.36. The number of rotatable bonds is 8. The molecule has 37 heavy (non-hydrogen) atoms. The summed E-state index contributed by atoms with van der Waals surface area (Å²) in [4.78, 5) is 27.5. The van der Waals surface area contributed by atoms with Crippen LogP contribution < -0.4 is 10.6 Å². The lowest BCUT2D eigenvalue weighted by atomic mass is 10.1. The van der Waals surface area contributed by atoms with Gasteiger partial charge in [0.25, 0.3) is 0 Å². The molecule has 2 N–H and O–H groups in total. The number of nitrogens with zero attached hydrogens (tertiary/aromatic N) is 7. The maximum Gasteiger partial charge on any atom is 0.229 e. The molecule has 9 heteroatoms. The fourth-order valence-corrected chi connectivity index (χ4v) is 4.36. The van der Waals surface area contributed by atoms with Crippen LogP contribution in [0.1, 0.15) is 25.1 Å². The Kier molecular flexibility index (Phi) is 7.62. The van der Waals surface area contributed by atoms with Gasteiger partial charge in [0.2, 0.25) is 5.95 Å². The first kappa shape index (κ1) is 24.7. The molecular weight excluding hydrogens is 462 g/mol. The molecule has 0 aliphatic carbocycles. The van der Waals surface area contributed by atoms with Crippen molar-refractivity contribution in [2.75, 3.05) is 36.8 Å². The van der Waals surface area contributed by atoms with E-state index in [9.17, 15) is 0 Å². The van der Waals surface area contributed by atoms with Crippen LogP contribution in [0.25, 0.3) is 11.5 Å². The van der Waals surface area contributed by atoms with Gasteiger partial charge in [0.15, 0.2) is 5.82 Å². The van der Waals surface area contributed by atoms with Crippen LogP contribution in [-0.2, 0) is 6.54 Å². The largest absolute Gasteiger partial charge is 0.325 e. The van der Waals surface area contributed by atoms with E-state index < -0.39 is 0 Å². The Morgan fingerprint density at radius 1 is 0.784 bits per heavy atom. The average Bonchev–Trinajstić information content (AvgIpc) is 2.91. The molecule has 5 rings (SSSR count). The van der Waals surface area contributed by atoms with Gasteiger partial charge in [-0.2, -0.15) is 4.98 Å². The molecule has 1 aliphatic rings. The van der Waals surface area contributed by atoms with E-state index in [1.54, 1.807) is 24.5 Å². The first-order valence-electron chi connectivity index (χ1n) is 12.7. The number of nitrogens with one attached hydrogen (secondary N) is 2. The lowest BCUT2D eigenvalue weighted by Crippen LogP contribution is -2.48. The van der Waals surface area contributed by atoms with Crippen molar-refractivity contribution in [3.05, 3.63) is 78.2 Å². The third-order valence-corrected chi connectivity index (χ3v) is 6.44. The zero-order valence-corrected chi connectivity index (χ0v) is 21.6. The van der Waals surface area contributed by atoms with Crippen molar-refractivity contribution in [3.8, 4) is 11.5 Å². The van der Waals surface area contributed by atoms with Crippen LogP contribution in [0.15, 0.2) is 67.0 Å². The second-order valence-corrected chi connectivity index (χ2v) is 9.55. The summed E-state index contributed by atoms with van der Waals surface area (Å²) in [6.07, 6.45) is 3.42. The molecule has 190 valence electrons. The number of aryl methyl sites for hydroxylation is 1. The predicted octanol–water partition coefficient (Wildman–Crippen LogP) is 4.65. The minimum atomic E-state index is 0.511. The number of aromatic nitrogens is 5. The Bertz CT molecular complexity index is 1320. The van der Waals surface area contributed by atoms with E-state index in [1.807, 2.05) is 25.1 Å². The molecule has 9 nitrogen and oxygen atoms in total. The first-order chi connectivity index (χ1) is 18.0.